The predicted molar refractivity (Wildman–Crippen MR) is 71.4 cm³/mol. The minimum atomic E-state index is 0.463. The first kappa shape index (κ1) is 14.0. The van der Waals surface area contributed by atoms with E-state index in [1.807, 2.05) is 0 Å². The van der Waals surface area contributed by atoms with E-state index in [2.05, 4.69) is 26.1 Å². The molecule has 0 aliphatic heterocycles. The molecular formula is C14H30N2. The van der Waals surface area contributed by atoms with Crippen LogP contribution in [0.1, 0.15) is 52.9 Å². The lowest BCUT2D eigenvalue weighted by Crippen LogP contribution is -2.30. The lowest BCUT2D eigenvalue weighted by molar-refractivity contribution is 0.267. The summed E-state index contributed by atoms with van der Waals surface area (Å²) in [6, 6.07) is 0. The summed E-state index contributed by atoms with van der Waals surface area (Å²) in [4.78, 5) is 0. The van der Waals surface area contributed by atoms with Crippen molar-refractivity contribution in [1.29, 1.82) is 0 Å². The standard InChI is InChI=1S/C14H30N2/c1-14(2,3)8-9-16-11-13-6-4-12(10-15)5-7-13/h12-13,16H,4-11,15H2,1-3H3. The summed E-state index contributed by atoms with van der Waals surface area (Å²) in [5.41, 5.74) is 6.17. The van der Waals surface area contributed by atoms with E-state index >= 15 is 0 Å². The van der Waals surface area contributed by atoms with Crippen molar-refractivity contribution in [2.45, 2.75) is 52.9 Å². The molecular weight excluding hydrogens is 196 g/mol. The zero-order valence-electron chi connectivity index (χ0n) is 11.4. The largest absolute Gasteiger partial charge is 0.330 e. The van der Waals surface area contributed by atoms with Gasteiger partial charge in [-0.1, -0.05) is 20.8 Å². The smallest absolute Gasteiger partial charge is 0.00205 e. The van der Waals surface area contributed by atoms with E-state index in [4.69, 9.17) is 5.73 Å². The van der Waals surface area contributed by atoms with Gasteiger partial charge in [0.25, 0.3) is 0 Å². The zero-order valence-corrected chi connectivity index (χ0v) is 11.4. The van der Waals surface area contributed by atoms with E-state index in [9.17, 15) is 0 Å². The van der Waals surface area contributed by atoms with Crippen molar-refractivity contribution in [3.63, 3.8) is 0 Å². The van der Waals surface area contributed by atoms with Gasteiger partial charge in [0.1, 0.15) is 0 Å². The summed E-state index contributed by atoms with van der Waals surface area (Å²) in [5.74, 6) is 1.72. The van der Waals surface area contributed by atoms with Crippen LogP contribution < -0.4 is 11.1 Å². The topological polar surface area (TPSA) is 38.0 Å². The maximum absolute atomic E-state index is 5.70. The zero-order chi connectivity index (χ0) is 12.0. The van der Waals surface area contributed by atoms with Crippen molar-refractivity contribution >= 4 is 0 Å². The summed E-state index contributed by atoms with van der Waals surface area (Å²) in [7, 11) is 0. The molecule has 0 unspecified atom stereocenters. The molecule has 1 saturated carbocycles. The summed E-state index contributed by atoms with van der Waals surface area (Å²) in [6.45, 7) is 10.2. The first-order valence-electron chi connectivity index (χ1n) is 6.92. The Morgan fingerprint density at radius 1 is 1.06 bits per heavy atom. The number of nitrogens with one attached hydrogen (secondary N) is 1. The number of hydrogen-bond donors (Lipinski definition) is 2. The van der Waals surface area contributed by atoms with Gasteiger partial charge in [-0.05, 0) is 69.0 Å². The van der Waals surface area contributed by atoms with Gasteiger partial charge in [0.05, 0.1) is 0 Å². The lowest BCUT2D eigenvalue weighted by Gasteiger charge is -2.28. The van der Waals surface area contributed by atoms with Gasteiger partial charge in [0.2, 0.25) is 0 Å². The summed E-state index contributed by atoms with van der Waals surface area (Å²) in [6.07, 6.45) is 6.73. The Morgan fingerprint density at radius 3 is 2.12 bits per heavy atom. The maximum atomic E-state index is 5.70. The molecule has 16 heavy (non-hydrogen) atoms. The monoisotopic (exact) mass is 226 g/mol. The molecule has 0 bridgehead atoms. The molecule has 0 heterocycles. The van der Waals surface area contributed by atoms with Crippen LogP contribution in [0, 0.1) is 17.3 Å². The highest BCUT2D eigenvalue weighted by Gasteiger charge is 2.19. The second-order valence-corrected chi connectivity index (χ2v) is 6.64. The summed E-state index contributed by atoms with van der Waals surface area (Å²) >= 11 is 0. The number of nitrogens with two attached hydrogens (primary N) is 1. The number of hydrogen-bond acceptors (Lipinski definition) is 2. The average Bonchev–Trinajstić information content (AvgIpc) is 2.24. The lowest BCUT2D eigenvalue weighted by atomic mass is 9.82. The molecule has 0 aromatic carbocycles. The Kier molecular flexibility index (Phi) is 5.77. The van der Waals surface area contributed by atoms with Gasteiger partial charge < -0.3 is 11.1 Å². The Bertz CT molecular complexity index is 176. The van der Waals surface area contributed by atoms with E-state index in [0.717, 1.165) is 18.4 Å². The first-order chi connectivity index (χ1) is 7.51. The molecule has 0 radical (unpaired) electrons. The van der Waals surface area contributed by atoms with Crippen LogP contribution in [0.4, 0.5) is 0 Å². The molecule has 0 saturated heterocycles. The van der Waals surface area contributed by atoms with E-state index in [1.54, 1.807) is 0 Å². The van der Waals surface area contributed by atoms with Gasteiger partial charge in [-0.15, -0.1) is 0 Å². The van der Waals surface area contributed by atoms with Crippen LogP contribution in [0.3, 0.4) is 0 Å². The van der Waals surface area contributed by atoms with Gasteiger partial charge >= 0.3 is 0 Å². The van der Waals surface area contributed by atoms with Crippen LogP contribution in [0.2, 0.25) is 0 Å². The molecule has 2 heteroatoms. The third-order valence-corrected chi connectivity index (χ3v) is 3.78. The van der Waals surface area contributed by atoms with E-state index in [0.29, 0.717) is 5.41 Å². The fraction of sp³-hybridized carbons (Fsp3) is 1.00. The molecule has 1 fully saturated rings. The van der Waals surface area contributed by atoms with E-state index < -0.39 is 0 Å². The van der Waals surface area contributed by atoms with Crippen LogP contribution in [0.5, 0.6) is 0 Å². The highest BCUT2D eigenvalue weighted by Crippen LogP contribution is 2.27. The van der Waals surface area contributed by atoms with Crippen LogP contribution in [-0.4, -0.2) is 19.6 Å². The van der Waals surface area contributed by atoms with Crippen LogP contribution in [-0.2, 0) is 0 Å². The van der Waals surface area contributed by atoms with Crippen LogP contribution >= 0.6 is 0 Å². The van der Waals surface area contributed by atoms with Gasteiger partial charge in [0, 0.05) is 0 Å². The minimum Gasteiger partial charge on any atom is -0.330 e. The second kappa shape index (κ2) is 6.61. The molecule has 2 nitrogen and oxygen atoms in total. The Hall–Kier alpha value is -0.0800. The van der Waals surface area contributed by atoms with Crippen LogP contribution in [0.15, 0.2) is 0 Å². The second-order valence-electron chi connectivity index (χ2n) is 6.64. The van der Waals surface area contributed by atoms with Crippen LogP contribution in [0.25, 0.3) is 0 Å². The van der Waals surface area contributed by atoms with Gasteiger partial charge in [-0.3, -0.25) is 0 Å². The summed E-state index contributed by atoms with van der Waals surface area (Å²) < 4.78 is 0. The Morgan fingerprint density at radius 2 is 1.62 bits per heavy atom. The first-order valence-corrected chi connectivity index (χ1v) is 6.92. The molecule has 0 aromatic rings. The molecule has 1 rings (SSSR count). The maximum Gasteiger partial charge on any atom is -0.00205 e. The van der Waals surface area contributed by atoms with Crippen molar-refractivity contribution in [2.24, 2.45) is 23.0 Å². The fourth-order valence-electron chi connectivity index (χ4n) is 2.44. The van der Waals surface area contributed by atoms with Crippen molar-refractivity contribution in [3.8, 4) is 0 Å². The average molecular weight is 226 g/mol. The molecule has 96 valence electrons. The predicted octanol–water partition coefficient (Wildman–Crippen LogP) is 2.78. The Labute approximate surface area is 101 Å². The van der Waals surface area contributed by atoms with Gasteiger partial charge in [-0.2, -0.15) is 0 Å². The molecule has 0 spiro atoms. The van der Waals surface area contributed by atoms with Crippen molar-refractivity contribution in [1.82, 2.24) is 5.32 Å². The van der Waals surface area contributed by atoms with Gasteiger partial charge in [0.15, 0.2) is 0 Å². The quantitative estimate of drug-likeness (QED) is 0.707. The van der Waals surface area contributed by atoms with E-state index in [-0.39, 0.29) is 0 Å². The molecule has 0 aromatic heterocycles. The van der Waals surface area contributed by atoms with Crippen molar-refractivity contribution < 1.29 is 0 Å². The molecule has 1 aliphatic rings. The summed E-state index contributed by atoms with van der Waals surface area (Å²) in [5, 5.41) is 3.61. The normalized spacial score (nSPS) is 27.0. The molecule has 1 aliphatic carbocycles. The van der Waals surface area contributed by atoms with E-state index in [1.165, 1.54) is 45.2 Å². The highest BCUT2D eigenvalue weighted by atomic mass is 14.9. The van der Waals surface area contributed by atoms with Gasteiger partial charge in [-0.25, -0.2) is 0 Å². The highest BCUT2D eigenvalue weighted by molar-refractivity contribution is 4.74. The third kappa shape index (κ3) is 5.86. The third-order valence-electron chi connectivity index (χ3n) is 3.78. The Balaban J connectivity index is 2.02. The minimum absolute atomic E-state index is 0.463. The molecule has 0 atom stereocenters. The number of rotatable bonds is 5. The fourth-order valence-corrected chi connectivity index (χ4v) is 2.44. The SMILES string of the molecule is CC(C)(C)CCNCC1CCC(CN)CC1. The molecule has 3 N–H and O–H groups in total. The molecule has 0 amide bonds. The van der Waals surface area contributed by atoms with Crippen molar-refractivity contribution in [3.05, 3.63) is 0 Å². The van der Waals surface area contributed by atoms with Crippen molar-refractivity contribution in [2.75, 3.05) is 19.6 Å².